The Morgan fingerprint density at radius 2 is 1.79 bits per heavy atom. The van der Waals surface area contributed by atoms with E-state index in [1.807, 2.05) is 4.68 Å². The van der Waals surface area contributed by atoms with Gasteiger partial charge in [0.1, 0.15) is 0 Å². The number of aromatic nitrogens is 2. The third kappa shape index (κ3) is 2.56. The van der Waals surface area contributed by atoms with E-state index in [2.05, 4.69) is 44.9 Å². The average Bonchev–Trinajstić information content (AvgIpc) is 2.72. The van der Waals surface area contributed by atoms with Crippen molar-refractivity contribution in [3.05, 3.63) is 46.3 Å². The van der Waals surface area contributed by atoms with Crippen LogP contribution in [-0.2, 0) is 13.0 Å². The van der Waals surface area contributed by atoms with Gasteiger partial charge in [0.2, 0.25) is 0 Å². The van der Waals surface area contributed by atoms with E-state index < -0.39 is 0 Å². The Morgan fingerprint density at radius 3 is 2.32 bits per heavy atom. The lowest BCUT2D eigenvalue weighted by Gasteiger charge is -2.15. The summed E-state index contributed by atoms with van der Waals surface area (Å²) in [7, 11) is 0. The monoisotopic (exact) mass is 258 g/mol. The van der Waals surface area contributed by atoms with E-state index in [0.29, 0.717) is 0 Å². The lowest BCUT2D eigenvalue weighted by atomic mass is 10.0. The Hall–Kier alpha value is -1.61. The molecule has 0 bridgehead atoms. The molecule has 0 spiro atoms. The van der Waals surface area contributed by atoms with Crippen molar-refractivity contribution in [3.63, 3.8) is 0 Å². The molecule has 0 aliphatic heterocycles. The molecule has 1 N–H and O–H groups in total. The van der Waals surface area contributed by atoms with E-state index in [1.165, 1.54) is 16.7 Å². The Bertz CT molecular complexity index is 561. The van der Waals surface area contributed by atoms with Gasteiger partial charge in [0.05, 0.1) is 18.5 Å². The van der Waals surface area contributed by atoms with Gasteiger partial charge >= 0.3 is 0 Å². The van der Waals surface area contributed by atoms with Gasteiger partial charge < -0.3 is 5.11 Å². The lowest BCUT2D eigenvalue weighted by Crippen LogP contribution is -2.07. The van der Waals surface area contributed by atoms with E-state index in [-0.39, 0.29) is 6.61 Å². The molecule has 3 nitrogen and oxygen atoms in total. The quantitative estimate of drug-likeness (QED) is 0.914. The van der Waals surface area contributed by atoms with Crippen LogP contribution in [0.25, 0.3) is 5.69 Å². The molecule has 1 aromatic carbocycles. The van der Waals surface area contributed by atoms with Crippen LogP contribution in [0.3, 0.4) is 0 Å². The highest BCUT2D eigenvalue weighted by molar-refractivity contribution is 5.50. The minimum atomic E-state index is 0.0549. The summed E-state index contributed by atoms with van der Waals surface area (Å²) < 4.78 is 2.00. The molecule has 0 saturated carbocycles. The Balaban J connectivity index is 2.62. The molecule has 3 heteroatoms. The van der Waals surface area contributed by atoms with Gasteiger partial charge in [-0.25, -0.2) is 4.68 Å². The Morgan fingerprint density at radius 1 is 1.16 bits per heavy atom. The first-order valence-electron chi connectivity index (χ1n) is 6.83. The Labute approximate surface area is 114 Å². The van der Waals surface area contributed by atoms with Gasteiger partial charge in [-0.1, -0.05) is 31.0 Å². The van der Waals surface area contributed by atoms with E-state index >= 15 is 0 Å². The van der Waals surface area contributed by atoms with Crippen LogP contribution < -0.4 is 0 Å². The molecule has 2 rings (SSSR count). The van der Waals surface area contributed by atoms with Gasteiger partial charge in [-0.15, -0.1) is 0 Å². The molecule has 19 heavy (non-hydrogen) atoms. The number of hydrogen-bond donors (Lipinski definition) is 1. The molecular weight excluding hydrogens is 236 g/mol. The van der Waals surface area contributed by atoms with Gasteiger partial charge in [-0.3, -0.25) is 0 Å². The molecule has 0 unspecified atom stereocenters. The van der Waals surface area contributed by atoms with Gasteiger partial charge in [-0.2, -0.15) is 5.10 Å². The summed E-state index contributed by atoms with van der Waals surface area (Å²) >= 11 is 0. The van der Waals surface area contributed by atoms with Crippen molar-refractivity contribution in [2.45, 2.75) is 47.1 Å². The van der Waals surface area contributed by atoms with Crippen molar-refractivity contribution in [2.24, 2.45) is 0 Å². The van der Waals surface area contributed by atoms with Crippen LogP contribution in [0, 0.1) is 20.8 Å². The van der Waals surface area contributed by atoms with Crippen molar-refractivity contribution in [3.8, 4) is 5.69 Å². The first-order chi connectivity index (χ1) is 9.08. The Kier molecular flexibility index (Phi) is 4.05. The normalized spacial score (nSPS) is 11.0. The fourth-order valence-corrected chi connectivity index (χ4v) is 2.74. The summed E-state index contributed by atoms with van der Waals surface area (Å²) in [6.07, 6.45) is 3.76. The third-order valence-corrected chi connectivity index (χ3v) is 3.46. The predicted octanol–water partition coefficient (Wildman–Crippen LogP) is 3.24. The van der Waals surface area contributed by atoms with E-state index in [1.54, 1.807) is 6.20 Å². The van der Waals surface area contributed by atoms with Crippen molar-refractivity contribution in [1.82, 2.24) is 9.78 Å². The number of rotatable bonds is 4. The second-order valence-corrected chi connectivity index (χ2v) is 5.18. The van der Waals surface area contributed by atoms with Crippen molar-refractivity contribution in [2.75, 3.05) is 0 Å². The molecule has 1 heterocycles. The van der Waals surface area contributed by atoms with Gasteiger partial charge in [0.25, 0.3) is 0 Å². The van der Waals surface area contributed by atoms with Gasteiger partial charge in [-0.05, 0) is 38.3 Å². The second-order valence-electron chi connectivity index (χ2n) is 5.18. The number of benzene rings is 1. The molecule has 0 amide bonds. The summed E-state index contributed by atoms with van der Waals surface area (Å²) in [5, 5.41) is 13.9. The molecule has 0 saturated heterocycles. The van der Waals surface area contributed by atoms with Gasteiger partial charge in [0, 0.05) is 11.3 Å². The zero-order valence-corrected chi connectivity index (χ0v) is 12.2. The van der Waals surface area contributed by atoms with Gasteiger partial charge in [0.15, 0.2) is 0 Å². The molecule has 0 fully saturated rings. The second kappa shape index (κ2) is 5.57. The molecule has 0 aliphatic rings. The van der Waals surface area contributed by atoms with Crippen LogP contribution >= 0.6 is 0 Å². The zero-order valence-electron chi connectivity index (χ0n) is 12.2. The largest absolute Gasteiger partial charge is 0.392 e. The third-order valence-electron chi connectivity index (χ3n) is 3.46. The first kappa shape index (κ1) is 13.8. The minimum Gasteiger partial charge on any atom is -0.392 e. The number of hydrogen-bond acceptors (Lipinski definition) is 2. The number of aliphatic hydroxyl groups is 1. The topological polar surface area (TPSA) is 38.1 Å². The maximum absolute atomic E-state index is 9.43. The molecule has 1 aromatic heterocycles. The maximum Gasteiger partial charge on any atom is 0.0715 e. The number of aliphatic hydroxyl groups excluding tert-OH is 1. The molecule has 0 radical (unpaired) electrons. The predicted molar refractivity (Wildman–Crippen MR) is 77.7 cm³/mol. The molecule has 2 aromatic rings. The first-order valence-corrected chi connectivity index (χ1v) is 6.83. The average molecular weight is 258 g/mol. The highest BCUT2D eigenvalue weighted by atomic mass is 16.3. The molecule has 102 valence electrons. The zero-order chi connectivity index (χ0) is 14.0. The smallest absolute Gasteiger partial charge is 0.0715 e. The molecule has 0 aliphatic carbocycles. The summed E-state index contributed by atoms with van der Waals surface area (Å²) in [5.74, 6) is 0. The summed E-state index contributed by atoms with van der Waals surface area (Å²) in [5.41, 5.74) is 6.92. The highest BCUT2D eigenvalue weighted by Gasteiger charge is 2.14. The summed E-state index contributed by atoms with van der Waals surface area (Å²) in [4.78, 5) is 0. The SMILES string of the molecule is CCCc1c(CO)cnn1-c1c(C)cc(C)cc1C. The van der Waals surface area contributed by atoms with Crippen LogP contribution in [0.15, 0.2) is 18.3 Å². The highest BCUT2D eigenvalue weighted by Crippen LogP contribution is 2.24. The van der Waals surface area contributed by atoms with E-state index in [9.17, 15) is 5.11 Å². The number of nitrogens with zero attached hydrogens (tertiary/aromatic N) is 2. The van der Waals surface area contributed by atoms with Crippen LogP contribution in [0.4, 0.5) is 0 Å². The molecule has 0 atom stereocenters. The fraction of sp³-hybridized carbons (Fsp3) is 0.438. The summed E-state index contributed by atoms with van der Waals surface area (Å²) in [6, 6.07) is 4.36. The van der Waals surface area contributed by atoms with Crippen LogP contribution in [0.1, 0.15) is 41.3 Å². The van der Waals surface area contributed by atoms with Crippen molar-refractivity contribution >= 4 is 0 Å². The van der Waals surface area contributed by atoms with Crippen LogP contribution in [0.2, 0.25) is 0 Å². The van der Waals surface area contributed by atoms with Crippen molar-refractivity contribution in [1.29, 1.82) is 0 Å². The maximum atomic E-state index is 9.43. The minimum absolute atomic E-state index is 0.0549. The number of aryl methyl sites for hydroxylation is 3. The molecular formula is C16H22N2O. The summed E-state index contributed by atoms with van der Waals surface area (Å²) in [6.45, 7) is 8.54. The lowest BCUT2D eigenvalue weighted by molar-refractivity contribution is 0.280. The van der Waals surface area contributed by atoms with Crippen molar-refractivity contribution < 1.29 is 5.11 Å². The van der Waals surface area contributed by atoms with E-state index in [0.717, 1.165) is 29.8 Å². The fourth-order valence-electron chi connectivity index (χ4n) is 2.74. The van der Waals surface area contributed by atoms with E-state index in [4.69, 9.17) is 0 Å². The van der Waals surface area contributed by atoms with Crippen LogP contribution in [0.5, 0.6) is 0 Å². The van der Waals surface area contributed by atoms with Crippen LogP contribution in [-0.4, -0.2) is 14.9 Å². The standard InChI is InChI=1S/C16H22N2O/c1-5-6-15-14(10-19)9-17-18(15)16-12(3)7-11(2)8-13(16)4/h7-9,19H,5-6,10H2,1-4H3.